The maximum absolute atomic E-state index is 5.66. The molecule has 2 N–H and O–H groups in total. The van der Waals surface area contributed by atoms with Crippen molar-refractivity contribution in [3.8, 4) is 11.5 Å². The molecule has 0 fully saturated rings. The van der Waals surface area contributed by atoms with Crippen molar-refractivity contribution in [1.82, 2.24) is 20.1 Å². The Balaban J connectivity index is 0.00000420. The van der Waals surface area contributed by atoms with Gasteiger partial charge in [0.25, 0.3) is 0 Å². The monoisotopic (exact) mass is 534 g/mol. The highest BCUT2D eigenvalue weighted by Crippen LogP contribution is 2.30. The molecule has 0 saturated heterocycles. The van der Waals surface area contributed by atoms with Gasteiger partial charge in [-0.15, -0.1) is 34.2 Å². The van der Waals surface area contributed by atoms with Crippen LogP contribution in [-0.2, 0) is 13.6 Å². The van der Waals surface area contributed by atoms with Crippen molar-refractivity contribution in [1.29, 1.82) is 0 Å². The molecule has 0 atom stereocenters. The number of methoxy groups -OCH3 is 1. The molecule has 2 rings (SSSR count). The number of nitrogens with zero attached hydrogens (tertiary/aromatic N) is 4. The lowest BCUT2D eigenvalue weighted by Crippen LogP contribution is -2.32. The Labute approximate surface area is 194 Å². The number of anilines is 1. The van der Waals surface area contributed by atoms with Gasteiger partial charge in [0.05, 0.1) is 13.7 Å². The average Bonchev–Trinajstić information content (AvgIpc) is 3.01. The number of benzene rings is 1. The number of aliphatic imine (C=N–C) groups is 1. The van der Waals surface area contributed by atoms with Crippen LogP contribution < -0.4 is 20.1 Å². The van der Waals surface area contributed by atoms with E-state index in [0.717, 1.165) is 36.1 Å². The molecule has 1 heterocycles. The van der Waals surface area contributed by atoms with E-state index in [2.05, 4.69) is 32.1 Å². The van der Waals surface area contributed by atoms with Crippen LogP contribution in [0.1, 0.15) is 25.0 Å². The molecule has 0 saturated carbocycles. The van der Waals surface area contributed by atoms with E-state index in [4.69, 9.17) is 9.47 Å². The van der Waals surface area contributed by atoms with Crippen LogP contribution in [0.3, 0.4) is 0 Å². The molecular weight excluding hydrogens is 503 g/mol. The summed E-state index contributed by atoms with van der Waals surface area (Å²) in [4.78, 5) is 4.67. The van der Waals surface area contributed by atoms with Crippen molar-refractivity contribution in [3.05, 3.63) is 29.8 Å². The molecule has 29 heavy (non-hydrogen) atoms. The summed E-state index contributed by atoms with van der Waals surface area (Å²) >= 11 is 1.83. The fraction of sp³-hybridized carbons (Fsp3) is 0.526. The van der Waals surface area contributed by atoms with Crippen LogP contribution in [0, 0.1) is 6.92 Å². The molecule has 162 valence electrons. The maximum atomic E-state index is 5.66. The highest BCUT2D eigenvalue weighted by atomic mass is 127. The van der Waals surface area contributed by atoms with E-state index in [1.807, 2.05) is 55.4 Å². The summed E-state index contributed by atoms with van der Waals surface area (Å²) in [7, 11) is 3.57. The lowest BCUT2D eigenvalue weighted by atomic mass is 10.2. The molecule has 10 heteroatoms. The fourth-order valence-corrected chi connectivity index (χ4v) is 2.89. The first kappa shape index (κ1) is 25.3. The predicted molar refractivity (Wildman–Crippen MR) is 131 cm³/mol. The summed E-state index contributed by atoms with van der Waals surface area (Å²) in [5, 5.41) is 15.0. The predicted octanol–water partition coefficient (Wildman–Crippen LogP) is 3.46. The van der Waals surface area contributed by atoms with E-state index in [0.29, 0.717) is 30.6 Å². The van der Waals surface area contributed by atoms with E-state index in [9.17, 15) is 0 Å². The third kappa shape index (κ3) is 7.92. The normalized spacial score (nSPS) is 11.0. The number of rotatable bonds is 10. The lowest BCUT2D eigenvalue weighted by molar-refractivity contribution is 0.311. The Morgan fingerprint density at radius 2 is 2.07 bits per heavy atom. The van der Waals surface area contributed by atoms with Crippen molar-refractivity contribution < 1.29 is 9.47 Å². The smallest absolute Gasteiger partial charge is 0.196 e. The Hall–Kier alpha value is -1.69. The van der Waals surface area contributed by atoms with Gasteiger partial charge in [-0.1, -0.05) is 0 Å². The molecule has 0 unspecified atom stereocenters. The molecule has 0 spiro atoms. The Morgan fingerprint density at radius 1 is 1.28 bits per heavy atom. The van der Waals surface area contributed by atoms with Crippen molar-refractivity contribution in [3.63, 3.8) is 0 Å². The second-order valence-corrected chi connectivity index (χ2v) is 7.07. The number of ether oxygens (including phenoxy) is 2. The lowest BCUT2D eigenvalue weighted by Gasteiger charge is -2.15. The Morgan fingerprint density at radius 3 is 2.69 bits per heavy atom. The van der Waals surface area contributed by atoms with Crippen molar-refractivity contribution in [2.24, 2.45) is 12.0 Å². The van der Waals surface area contributed by atoms with E-state index in [1.54, 1.807) is 7.11 Å². The van der Waals surface area contributed by atoms with Gasteiger partial charge in [0.15, 0.2) is 23.3 Å². The van der Waals surface area contributed by atoms with Gasteiger partial charge in [0, 0.05) is 25.3 Å². The third-order valence-corrected chi connectivity index (χ3v) is 4.80. The molecule has 0 aliphatic carbocycles. The number of hydrogen-bond donors (Lipinski definition) is 2. The zero-order valence-corrected chi connectivity index (χ0v) is 20.8. The summed E-state index contributed by atoms with van der Waals surface area (Å²) in [6.45, 7) is 5.71. The van der Waals surface area contributed by atoms with Gasteiger partial charge in [-0.2, -0.15) is 11.8 Å². The largest absolute Gasteiger partial charge is 0.493 e. The first-order valence-corrected chi connectivity index (χ1v) is 10.7. The van der Waals surface area contributed by atoms with Gasteiger partial charge in [-0.05, 0) is 44.4 Å². The first-order chi connectivity index (χ1) is 13.6. The van der Waals surface area contributed by atoms with E-state index in [-0.39, 0.29) is 24.0 Å². The molecule has 8 nitrogen and oxygen atoms in total. The molecule has 0 radical (unpaired) electrons. The van der Waals surface area contributed by atoms with Crippen LogP contribution in [0.5, 0.6) is 11.5 Å². The summed E-state index contributed by atoms with van der Waals surface area (Å²) in [5.74, 6) is 4.86. The quantitative estimate of drug-likeness (QED) is 0.209. The standard InChI is InChI=1S/C19H30N6O2S.HI/c1-6-27-17-12-15(8-9-16(17)26-4)22-19(20-10-7-11-28-5)21-13-18-24-23-14(2)25(18)3;/h8-9,12H,6-7,10-11,13H2,1-5H3,(H2,20,21,22);1H. The zero-order chi connectivity index (χ0) is 20.4. The minimum atomic E-state index is 0. The number of hydrogen-bond acceptors (Lipinski definition) is 6. The number of thioether (sulfide) groups is 1. The van der Waals surface area contributed by atoms with Crippen LogP contribution in [-0.4, -0.2) is 53.0 Å². The van der Waals surface area contributed by atoms with Crippen molar-refractivity contribution in [2.75, 3.05) is 37.6 Å². The number of halogens is 1. The highest BCUT2D eigenvalue weighted by Gasteiger charge is 2.09. The molecule has 1 aromatic heterocycles. The first-order valence-electron chi connectivity index (χ1n) is 9.29. The second kappa shape index (κ2) is 13.5. The molecule has 0 aliphatic rings. The number of guanidine groups is 1. The fourth-order valence-electron chi connectivity index (χ4n) is 2.46. The van der Waals surface area contributed by atoms with E-state index < -0.39 is 0 Å². The third-order valence-electron chi connectivity index (χ3n) is 4.11. The van der Waals surface area contributed by atoms with E-state index >= 15 is 0 Å². The summed E-state index contributed by atoms with van der Waals surface area (Å²) in [5.41, 5.74) is 0.870. The summed E-state index contributed by atoms with van der Waals surface area (Å²) < 4.78 is 13.0. The molecule has 0 bridgehead atoms. The average molecular weight is 534 g/mol. The number of aryl methyl sites for hydroxylation is 1. The minimum absolute atomic E-state index is 0. The van der Waals surface area contributed by atoms with Crippen LogP contribution in [0.25, 0.3) is 0 Å². The van der Waals surface area contributed by atoms with Crippen LogP contribution in [0.2, 0.25) is 0 Å². The Kier molecular flexibility index (Phi) is 11.8. The van der Waals surface area contributed by atoms with Crippen LogP contribution in [0.4, 0.5) is 5.69 Å². The van der Waals surface area contributed by atoms with Crippen LogP contribution in [0.15, 0.2) is 23.2 Å². The van der Waals surface area contributed by atoms with Gasteiger partial charge in [-0.3, -0.25) is 0 Å². The van der Waals surface area contributed by atoms with Gasteiger partial charge >= 0.3 is 0 Å². The van der Waals surface area contributed by atoms with Crippen molar-refractivity contribution in [2.45, 2.75) is 26.8 Å². The second-order valence-electron chi connectivity index (χ2n) is 6.08. The highest BCUT2D eigenvalue weighted by molar-refractivity contribution is 14.0. The van der Waals surface area contributed by atoms with Gasteiger partial charge in [0.1, 0.15) is 12.4 Å². The number of aromatic nitrogens is 3. The van der Waals surface area contributed by atoms with Crippen molar-refractivity contribution >= 4 is 47.4 Å². The molecule has 0 amide bonds. The minimum Gasteiger partial charge on any atom is -0.493 e. The van der Waals surface area contributed by atoms with E-state index in [1.165, 1.54) is 0 Å². The summed E-state index contributed by atoms with van der Waals surface area (Å²) in [6, 6.07) is 5.73. The topological polar surface area (TPSA) is 85.6 Å². The molecule has 0 aliphatic heterocycles. The summed E-state index contributed by atoms with van der Waals surface area (Å²) in [6.07, 6.45) is 3.16. The SMILES string of the molecule is CCOc1cc(NC(=NCc2nnc(C)n2C)NCCCSC)ccc1OC.I. The van der Waals surface area contributed by atoms with Gasteiger partial charge in [0.2, 0.25) is 0 Å². The Bertz CT molecular complexity index is 784. The molecular formula is C19H31IN6O2S. The molecule has 2 aromatic rings. The van der Waals surface area contributed by atoms with Crippen LogP contribution >= 0.6 is 35.7 Å². The molecule has 1 aromatic carbocycles. The van der Waals surface area contributed by atoms with Gasteiger partial charge < -0.3 is 24.7 Å². The zero-order valence-electron chi connectivity index (χ0n) is 17.7. The van der Waals surface area contributed by atoms with Gasteiger partial charge in [-0.25, -0.2) is 4.99 Å². The number of nitrogens with one attached hydrogen (secondary N) is 2. The maximum Gasteiger partial charge on any atom is 0.196 e.